The molecule has 1 unspecified atom stereocenters. The number of aliphatic carboxylic acids is 1. The predicted molar refractivity (Wildman–Crippen MR) is 62.7 cm³/mol. The van der Waals surface area contributed by atoms with Crippen LogP contribution in [-0.4, -0.2) is 34.5 Å². The second kappa shape index (κ2) is 4.82. The van der Waals surface area contributed by atoms with Crippen LogP contribution in [0.4, 0.5) is 0 Å². The summed E-state index contributed by atoms with van der Waals surface area (Å²) in [6, 6.07) is 7.89. The summed E-state index contributed by atoms with van der Waals surface area (Å²) in [5, 5.41) is 9.06. The number of nitrogens with zero attached hydrogens (tertiary/aromatic N) is 1. The molecule has 4 heteroatoms. The first-order valence-electron chi connectivity index (χ1n) is 5.45. The minimum absolute atomic E-state index is 0.234. The number of benzene rings is 1. The van der Waals surface area contributed by atoms with E-state index in [9.17, 15) is 9.59 Å². The average molecular weight is 231 g/mol. The van der Waals surface area contributed by atoms with Crippen LogP contribution < -0.4 is 0 Å². The summed E-state index contributed by atoms with van der Waals surface area (Å²) in [5.74, 6) is -1.23. The fraction of sp³-hybridized carbons (Fsp3) is 0.231. The molecule has 0 saturated carbocycles. The number of carbonyl (C=O) groups is 2. The minimum atomic E-state index is -0.995. The van der Waals surface area contributed by atoms with Gasteiger partial charge in [0.05, 0.1) is 0 Å². The van der Waals surface area contributed by atoms with Gasteiger partial charge in [0.2, 0.25) is 0 Å². The number of hydrogen-bond acceptors (Lipinski definition) is 2. The van der Waals surface area contributed by atoms with Crippen molar-refractivity contribution < 1.29 is 14.7 Å². The molecule has 0 saturated heterocycles. The molecule has 1 aromatic rings. The molecule has 0 aliphatic carbocycles. The van der Waals surface area contributed by atoms with Gasteiger partial charge in [-0.25, -0.2) is 4.79 Å². The zero-order chi connectivity index (χ0) is 12.3. The third kappa shape index (κ3) is 2.36. The van der Waals surface area contributed by atoms with E-state index in [0.29, 0.717) is 18.5 Å². The Morgan fingerprint density at radius 1 is 1.24 bits per heavy atom. The maximum absolute atomic E-state index is 12.1. The van der Waals surface area contributed by atoms with E-state index in [-0.39, 0.29) is 5.91 Å². The SMILES string of the molecule is O=C(O)C1C=CCCN1C(=O)c1ccccc1. The van der Waals surface area contributed by atoms with E-state index in [4.69, 9.17) is 5.11 Å². The summed E-state index contributed by atoms with van der Waals surface area (Å²) < 4.78 is 0. The lowest BCUT2D eigenvalue weighted by molar-refractivity contribution is -0.140. The van der Waals surface area contributed by atoms with Crippen LogP contribution in [0.5, 0.6) is 0 Å². The highest BCUT2D eigenvalue weighted by atomic mass is 16.4. The summed E-state index contributed by atoms with van der Waals surface area (Å²) in [5.41, 5.74) is 0.522. The summed E-state index contributed by atoms with van der Waals surface area (Å²) >= 11 is 0. The van der Waals surface area contributed by atoms with Gasteiger partial charge >= 0.3 is 5.97 Å². The van der Waals surface area contributed by atoms with Gasteiger partial charge in [0, 0.05) is 12.1 Å². The molecule has 0 bridgehead atoms. The standard InChI is InChI=1S/C13H13NO3/c15-12(10-6-2-1-3-7-10)14-9-5-4-8-11(14)13(16)17/h1-4,6-8,11H,5,9H2,(H,16,17). The van der Waals surface area contributed by atoms with Crippen molar-refractivity contribution >= 4 is 11.9 Å². The van der Waals surface area contributed by atoms with E-state index in [1.165, 1.54) is 4.90 Å². The maximum Gasteiger partial charge on any atom is 0.330 e. The van der Waals surface area contributed by atoms with Gasteiger partial charge in [-0.2, -0.15) is 0 Å². The summed E-state index contributed by atoms with van der Waals surface area (Å²) in [6.45, 7) is 0.446. The summed E-state index contributed by atoms with van der Waals surface area (Å²) in [6.07, 6.45) is 4.06. The largest absolute Gasteiger partial charge is 0.479 e. The molecule has 1 aliphatic rings. The van der Waals surface area contributed by atoms with Crippen LogP contribution in [0.15, 0.2) is 42.5 Å². The number of carboxylic acids is 1. The van der Waals surface area contributed by atoms with Crippen LogP contribution in [0.25, 0.3) is 0 Å². The van der Waals surface area contributed by atoms with Crippen LogP contribution in [0.3, 0.4) is 0 Å². The third-order valence-corrected chi connectivity index (χ3v) is 2.73. The Balaban J connectivity index is 2.24. The van der Waals surface area contributed by atoms with Crippen molar-refractivity contribution in [3.63, 3.8) is 0 Å². The fourth-order valence-electron chi connectivity index (χ4n) is 1.87. The maximum atomic E-state index is 12.1. The van der Waals surface area contributed by atoms with E-state index in [1.54, 1.807) is 36.4 Å². The lowest BCUT2D eigenvalue weighted by atomic mass is 10.1. The molecule has 2 rings (SSSR count). The van der Waals surface area contributed by atoms with Gasteiger partial charge in [0.1, 0.15) is 6.04 Å². The number of carboxylic acid groups (broad SMARTS) is 1. The van der Waals surface area contributed by atoms with Gasteiger partial charge < -0.3 is 10.0 Å². The predicted octanol–water partition coefficient (Wildman–Crippen LogP) is 1.54. The van der Waals surface area contributed by atoms with Gasteiger partial charge in [-0.15, -0.1) is 0 Å². The molecule has 1 aromatic carbocycles. The number of hydrogen-bond donors (Lipinski definition) is 1. The van der Waals surface area contributed by atoms with Crippen molar-refractivity contribution in [2.24, 2.45) is 0 Å². The molecule has 1 atom stereocenters. The molecule has 1 amide bonds. The van der Waals surface area contributed by atoms with E-state index >= 15 is 0 Å². The number of rotatable bonds is 2. The van der Waals surface area contributed by atoms with E-state index in [1.807, 2.05) is 6.07 Å². The second-order valence-corrected chi connectivity index (χ2v) is 3.86. The van der Waals surface area contributed by atoms with Gasteiger partial charge in [-0.1, -0.05) is 30.4 Å². The average Bonchev–Trinajstić information content (AvgIpc) is 2.39. The molecule has 0 aromatic heterocycles. The number of amides is 1. The molecule has 0 fully saturated rings. The van der Waals surface area contributed by atoms with Gasteiger partial charge in [-0.3, -0.25) is 4.79 Å². The fourth-order valence-corrected chi connectivity index (χ4v) is 1.87. The quantitative estimate of drug-likeness (QED) is 0.785. The van der Waals surface area contributed by atoms with E-state index < -0.39 is 12.0 Å². The van der Waals surface area contributed by atoms with Crippen LogP contribution >= 0.6 is 0 Å². The van der Waals surface area contributed by atoms with Crippen molar-refractivity contribution in [3.8, 4) is 0 Å². The van der Waals surface area contributed by atoms with Crippen molar-refractivity contribution in [1.82, 2.24) is 4.90 Å². The first kappa shape index (κ1) is 11.4. The third-order valence-electron chi connectivity index (χ3n) is 2.73. The first-order valence-corrected chi connectivity index (χ1v) is 5.45. The zero-order valence-corrected chi connectivity index (χ0v) is 9.24. The Morgan fingerprint density at radius 3 is 2.59 bits per heavy atom. The Kier molecular flexibility index (Phi) is 3.23. The van der Waals surface area contributed by atoms with E-state index in [0.717, 1.165) is 0 Å². The number of carbonyl (C=O) groups excluding carboxylic acids is 1. The lowest BCUT2D eigenvalue weighted by Crippen LogP contribution is -2.46. The molecule has 1 N–H and O–H groups in total. The smallest absolute Gasteiger partial charge is 0.330 e. The molecule has 4 nitrogen and oxygen atoms in total. The highest BCUT2D eigenvalue weighted by Crippen LogP contribution is 2.14. The summed E-state index contributed by atoms with van der Waals surface area (Å²) in [4.78, 5) is 24.6. The molecule has 1 heterocycles. The molecule has 88 valence electrons. The zero-order valence-electron chi connectivity index (χ0n) is 9.24. The monoisotopic (exact) mass is 231 g/mol. The first-order chi connectivity index (χ1) is 8.20. The van der Waals surface area contributed by atoms with E-state index in [2.05, 4.69) is 0 Å². The Morgan fingerprint density at radius 2 is 1.94 bits per heavy atom. The van der Waals surface area contributed by atoms with Gasteiger partial charge in [0.15, 0.2) is 0 Å². The molecular weight excluding hydrogens is 218 g/mol. The Hall–Kier alpha value is -2.10. The van der Waals surface area contributed by atoms with Gasteiger partial charge in [0.25, 0.3) is 5.91 Å². The Bertz CT molecular complexity index is 453. The second-order valence-electron chi connectivity index (χ2n) is 3.86. The molecule has 1 aliphatic heterocycles. The normalized spacial score (nSPS) is 19.1. The topological polar surface area (TPSA) is 57.6 Å². The molecule has 0 spiro atoms. The molecular formula is C13H13NO3. The lowest BCUT2D eigenvalue weighted by Gasteiger charge is -2.29. The van der Waals surface area contributed by atoms with Crippen LogP contribution in [0, 0.1) is 0 Å². The van der Waals surface area contributed by atoms with Crippen LogP contribution in [0.1, 0.15) is 16.8 Å². The highest BCUT2D eigenvalue weighted by Gasteiger charge is 2.29. The van der Waals surface area contributed by atoms with Crippen molar-refractivity contribution in [3.05, 3.63) is 48.0 Å². The highest BCUT2D eigenvalue weighted by molar-refractivity contribution is 5.97. The van der Waals surface area contributed by atoms with Crippen molar-refractivity contribution in [2.75, 3.05) is 6.54 Å². The van der Waals surface area contributed by atoms with Crippen LogP contribution in [-0.2, 0) is 4.79 Å². The Labute approximate surface area is 99.2 Å². The molecule has 17 heavy (non-hydrogen) atoms. The molecule has 0 radical (unpaired) electrons. The van der Waals surface area contributed by atoms with Crippen molar-refractivity contribution in [1.29, 1.82) is 0 Å². The van der Waals surface area contributed by atoms with Crippen LogP contribution in [0.2, 0.25) is 0 Å². The van der Waals surface area contributed by atoms with Crippen molar-refractivity contribution in [2.45, 2.75) is 12.5 Å². The summed E-state index contributed by atoms with van der Waals surface area (Å²) in [7, 11) is 0. The minimum Gasteiger partial charge on any atom is -0.479 e. The van der Waals surface area contributed by atoms with Gasteiger partial charge in [-0.05, 0) is 18.6 Å².